The van der Waals surface area contributed by atoms with E-state index < -0.39 is 6.29 Å². The Morgan fingerprint density at radius 1 is 1.03 bits per heavy atom. The molecule has 2 aromatic carbocycles. The lowest BCUT2D eigenvalue weighted by atomic mass is 9.95. The number of rotatable bonds is 9. The number of methoxy groups -OCH3 is 5. The monoisotopic (exact) mass is 458 g/mol. The van der Waals surface area contributed by atoms with Crippen LogP contribution < -0.4 is 29.9 Å². The van der Waals surface area contributed by atoms with Gasteiger partial charge in [-0.2, -0.15) is 0 Å². The lowest BCUT2D eigenvalue weighted by molar-refractivity contribution is -0.0944. The third-order valence-corrected chi connectivity index (χ3v) is 6.23. The second-order valence-electron chi connectivity index (χ2n) is 7.94. The summed E-state index contributed by atoms with van der Waals surface area (Å²) in [4.78, 5) is 15.2. The van der Waals surface area contributed by atoms with E-state index in [1.807, 2.05) is 37.2 Å². The van der Waals surface area contributed by atoms with Crippen molar-refractivity contribution in [1.82, 2.24) is 5.32 Å². The first-order valence-corrected chi connectivity index (χ1v) is 10.9. The van der Waals surface area contributed by atoms with Crippen molar-refractivity contribution in [2.24, 2.45) is 0 Å². The Labute approximate surface area is 195 Å². The molecule has 8 heteroatoms. The highest BCUT2D eigenvalue weighted by Crippen LogP contribution is 2.50. The first kappa shape index (κ1) is 24.8. The molecule has 0 aliphatic heterocycles. The second kappa shape index (κ2) is 10.9. The molecule has 1 aliphatic rings. The summed E-state index contributed by atoms with van der Waals surface area (Å²) >= 11 is 0. The van der Waals surface area contributed by atoms with Gasteiger partial charge in [-0.05, 0) is 54.8 Å². The van der Waals surface area contributed by atoms with Gasteiger partial charge in [-0.1, -0.05) is 6.07 Å². The van der Waals surface area contributed by atoms with E-state index in [4.69, 9.17) is 23.7 Å². The molecule has 0 saturated carbocycles. The van der Waals surface area contributed by atoms with E-state index in [9.17, 15) is 4.79 Å². The standard InChI is InChI=1S/C25H34N2O6/c1-26-18-10-8-15-12-21(29-3)24(32-6)25(33-7)23(15)16-9-11-19(20(28)13-17(16)18)27(2)14-22(30-4)31-5/h9,11-13,18,22,26H,8,10,14H2,1-7H3. The van der Waals surface area contributed by atoms with E-state index in [1.54, 1.807) is 41.6 Å². The van der Waals surface area contributed by atoms with Gasteiger partial charge < -0.3 is 33.9 Å². The molecule has 1 unspecified atom stereocenters. The maximum Gasteiger partial charge on any atom is 0.203 e. The minimum atomic E-state index is -0.444. The largest absolute Gasteiger partial charge is 0.493 e. The molecule has 33 heavy (non-hydrogen) atoms. The molecule has 0 bridgehead atoms. The van der Waals surface area contributed by atoms with Gasteiger partial charge in [0, 0.05) is 32.9 Å². The normalized spacial score (nSPS) is 14.8. The summed E-state index contributed by atoms with van der Waals surface area (Å²) in [6.45, 7) is 0.414. The van der Waals surface area contributed by atoms with Crippen LogP contribution in [0.2, 0.25) is 0 Å². The summed E-state index contributed by atoms with van der Waals surface area (Å²) in [5, 5.41) is 3.37. The number of hydrogen-bond acceptors (Lipinski definition) is 8. The van der Waals surface area contributed by atoms with Gasteiger partial charge in [-0.25, -0.2) is 0 Å². The summed E-state index contributed by atoms with van der Waals surface area (Å²) in [5.41, 5.74) is 4.31. The number of nitrogens with zero attached hydrogens (tertiary/aromatic N) is 1. The van der Waals surface area contributed by atoms with Crippen LogP contribution in [-0.2, 0) is 15.9 Å². The van der Waals surface area contributed by atoms with Crippen molar-refractivity contribution in [3.63, 3.8) is 0 Å². The lowest BCUT2D eigenvalue weighted by Crippen LogP contribution is -2.33. The molecule has 0 aromatic heterocycles. The zero-order valence-electron chi connectivity index (χ0n) is 20.5. The number of anilines is 1. The van der Waals surface area contributed by atoms with Crippen LogP contribution in [0.15, 0.2) is 29.1 Å². The molecule has 0 saturated heterocycles. The fourth-order valence-electron chi connectivity index (χ4n) is 4.49. The van der Waals surface area contributed by atoms with Crippen molar-refractivity contribution in [3.05, 3.63) is 45.6 Å². The maximum absolute atomic E-state index is 13.3. The van der Waals surface area contributed by atoms with Crippen molar-refractivity contribution in [1.29, 1.82) is 0 Å². The van der Waals surface area contributed by atoms with Crippen LogP contribution in [0.3, 0.4) is 0 Å². The predicted octanol–water partition coefficient (Wildman–Crippen LogP) is 3.00. The Hall–Kier alpha value is -2.81. The molecule has 1 atom stereocenters. The molecule has 1 aliphatic carbocycles. The van der Waals surface area contributed by atoms with E-state index >= 15 is 0 Å². The Bertz CT molecular complexity index is 1040. The molecule has 0 amide bonds. The van der Waals surface area contributed by atoms with Crippen molar-refractivity contribution in [3.8, 4) is 28.4 Å². The summed E-state index contributed by atoms with van der Waals surface area (Å²) < 4.78 is 27.7. The number of ether oxygens (including phenoxy) is 5. The molecule has 8 nitrogen and oxygen atoms in total. The van der Waals surface area contributed by atoms with E-state index in [1.165, 1.54) is 0 Å². The Balaban J connectivity index is 2.28. The van der Waals surface area contributed by atoms with Gasteiger partial charge in [0.2, 0.25) is 11.2 Å². The number of aryl methyl sites for hydroxylation is 1. The van der Waals surface area contributed by atoms with E-state index in [0.29, 0.717) is 29.5 Å². The van der Waals surface area contributed by atoms with Crippen LogP contribution in [0, 0.1) is 0 Å². The highest BCUT2D eigenvalue weighted by Gasteiger charge is 2.28. The highest BCUT2D eigenvalue weighted by atomic mass is 16.7. The van der Waals surface area contributed by atoms with E-state index in [0.717, 1.165) is 35.1 Å². The molecule has 0 fully saturated rings. The van der Waals surface area contributed by atoms with Gasteiger partial charge in [-0.15, -0.1) is 0 Å². The van der Waals surface area contributed by atoms with Gasteiger partial charge >= 0.3 is 0 Å². The number of likely N-dealkylation sites (N-methyl/N-ethyl adjacent to an activating group) is 1. The van der Waals surface area contributed by atoms with Crippen molar-refractivity contribution in [2.75, 3.05) is 61.1 Å². The number of fused-ring (bicyclic) bond motifs is 3. The number of hydrogen-bond donors (Lipinski definition) is 1. The van der Waals surface area contributed by atoms with E-state index in [-0.39, 0.29) is 11.5 Å². The first-order valence-electron chi connectivity index (χ1n) is 10.9. The zero-order chi connectivity index (χ0) is 24.1. The van der Waals surface area contributed by atoms with Gasteiger partial charge in [0.15, 0.2) is 17.8 Å². The summed E-state index contributed by atoms with van der Waals surface area (Å²) in [6.07, 6.45) is 1.17. The summed E-state index contributed by atoms with van der Waals surface area (Å²) in [7, 11) is 11.8. The van der Waals surface area contributed by atoms with Crippen LogP contribution >= 0.6 is 0 Å². The Morgan fingerprint density at radius 2 is 1.73 bits per heavy atom. The fourth-order valence-corrected chi connectivity index (χ4v) is 4.49. The van der Waals surface area contributed by atoms with Crippen molar-refractivity contribution in [2.45, 2.75) is 25.2 Å². The van der Waals surface area contributed by atoms with E-state index in [2.05, 4.69) is 5.32 Å². The molecule has 0 radical (unpaired) electrons. The average molecular weight is 459 g/mol. The molecule has 180 valence electrons. The number of nitrogens with one attached hydrogen (secondary N) is 1. The van der Waals surface area contributed by atoms with Gasteiger partial charge in [0.05, 0.1) is 33.6 Å². The summed E-state index contributed by atoms with van der Waals surface area (Å²) in [5.74, 6) is 1.74. The van der Waals surface area contributed by atoms with Crippen LogP contribution in [0.25, 0.3) is 11.1 Å². The smallest absolute Gasteiger partial charge is 0.203 e. The minimum absolute atomic E-state index is 0.00180. The van der Waals surface area contributed by atoms with Crippen molar-refractivity contribution >= 4 is 5.69 Å². The van der Waals surface area contributed by atoms with Crippen LogP contribution in [0.5, 0.6) is 17.2 Å². The van der Waals surface area contributed by atoms with Crippen LogP contribution in [0.4, 0.5) is 5.69 Å². The molecular weight excluding hydrogens is 424 g/mol. The molecule has 3 rings (SSSR count). The van der Waals surface area contributed by atoms with Crippen LogP contribution in [0.1, 0.15) is 23.6 Å². The summed E-state index contributed by atoms with van der Waals surface area (Å²) in [6, 6.07) is 7.56. The lowest BCUT2D eigenvalue weighted by Gasteiger charge is -2.22. The third-order valence-electron chi connectivity index (χ3n) is 6.23. The fraction of sp³-hybridized carbons (Fsp3) is 0.480. The minimum Gasteiger partial charge on any atom is -0.493 e. The maximum atomic E-state index is 13.3. The molecule has 1 N–H and O–H groups in total. The molecule has 0 spiro atoms. The second-order valence-corrected chi connectivity index (χ2v) is 7.94. The Morgan fingerprint density at radius 3 is 2.30 bits per heavy atom. The highest BCUT2D eigenvalue weighted by molar-refractivity contribution is 5.83. The number of benzene rings is 1. The third kappa shape index (κ3) is 4.78. The van der Waals surface area contributed by atoms with Gasteiger partial charge in [0.25, 0.3) is 0 Å². The molecular formula is C25H34N2O6. The van der Waals surface area contributed by atoms with Gasteiger partial charge in [-0.3, -0.25) is 4.79 Å². The van der Waals surface area contributed by atoms with Crippen LogP contribution in [-0.4, -0.2) is 62.5 Å². The quantitative estimate of drug-likeness (QED) is 0.575. The zero-order valence-corrected chi connectivity index (χ0v) is 20.5. The average Bonchev–Trinajstić information content (AvgIpc) is 3.08. The topological polar surface area (TPSA) is 78.5 Å². The molecule has 2 aromatic rings. The molecule has 0 heterocycles. The Kier molecular flexibility index (Phi) is 8.18. The van der Waals surface area contributed by atoms with Crippen molar-refractivity contribution < 1.29 is 23.7 Å². The predicted molar refractivity (Wildman–Crippen MR) is 129 cm³/mol. The first-order chi connectivity index (χ1) is 15.9. The van der Waals surface area contributed by atoms with Gasteiger partial charge in [0.1, 0.15) is 0 Å². The SMILES string of the molecule is CNC1CCc2cc(OC)c(OC)c(OC)c2-c2ccc(N(C)CC(OC)OC)c(=O)cc21.